The van der Waals surface area contributed by atoms with Gasteiger partial charge in [-0.1, -0.05) is 23.4 Å². The number of allylic oxidation sites excluding steroid dienone is 1. The van der Waals surface area contributed by atoms with Crippen molar-refractivity contribution in [2.45, 2.75) is 6.54 Å². The van der Waals surface area contributed by atoms with E-state index < -0.39 is 5.97 Å². The molecule has 0 saturated heterocycles. The van der Waals surface area contributed by atoms with Crippen LogP contribution < -0.4 is 11.1 Å². The van der Waals surface area contributed by atoms with Crippen molar-refractivity contribution in [3.05, 3.63) is 77.3 Å². The maximum absolute atomic E-state index is 13.8. The molecular weight excluding hydrogens is 367 g/mol. The van der Waals surface area contributed by atoms with Crippen LogP contribution >= 0.6 is 0 Å². The molecule has 1 aromatic carbocycles. The molecule has 3 rings (SSSR count). The molecule has 0 bridgehead atoms. The molecule has 0 spiro atoms. The largest absolute Gasteiger partial charge is 0.477 e. The number of halogens is 1. The lowest BCUT2D eigenvalue weighted by atomic mass is 10.2. The van der Waals surface area contributed by atoms with E-state index in [0.717, 1.165) is 6.20 Å². The van der Waals surface area contributed by atoms with Gasteiger partial charge in [0.25, 0.3) is 0 Å². The van der Waals surface area contributed by atoms with Crippen molar-refractivity contribution in [1.29, 1.82) is 5.41 Å². The van der Waals surface area contributed by atoms with Crippen molar-refractivity contribution in [3.8, 4) is 0 Å². The molecule has 0 aliphatic carbocycles. The first-order valence-electron chi connectivity index (χ1n) is 8.00. The molecular formula is C18H15FN6O3. The first-order chi connectivity index (χ1) is 13.5. The molecule has 0 saturated carbocycles. The molecule has 10 heteroatoms. The smallest absolute Gasteiger partial charge is 0.341 e. The summed E-state index contributed by atoms with van der Waals surface area (Å²) in [5, 5.41) is 24.0. The van der Waals surface area contributed by atoms with Crippen LogP contribution in [0.4, 0.5) is 10.2 Å². The fourth-order valence-electron chi connectivity index (χ4n) is 2.30. The number of anilines is 1. The second-order valence-corrected chi connectivity index (χ2v) is 5.60. The van der Waals surface area contributed by atoms with Crippen LogP contribution in [-0.2, 0) is 6.54 Å². The molecule has 2 aromatic heterocycles. The van der Waals surface area contributed by atoms with E-state index in [-0.39, 0.29) is 35.3 Å². The van der Waals surface area contributed by atoms with Gasteiger partial charge >= 0.3 is 5.97 Å². The van der Waals surface area contributed by atoms with Crippen LogP contribution in [0.15, 0.2) is 53.4 Å². The summed E-state index contributed by atoms with van der Waals surface area (Å²) >= 11 is 0. The van der Waals surface area contributed by atoms with Crippen molar-refractivity contribution in [2.75, 3.05) is 5.73 Å². The minimum absolute atomic E-state index is 0.0730. The summed E-state index contributed by atoms with van der Waals surface area (Å²) in [6, 6.07) is 7.84. The van der Waals surface area contributed by atoms with E-state index in [0.29, 0.717) is 17.0 Å². The van der Waals surface area contributed by atoms with Gasteiger partial charge < -0.3 is 20.7 Å². The zero-order chi connectivity index (χ0) is 20.1. The first-order valence-corrected chi connectivity index (χ1v) is 8.00. The van der Waals surface area contributed by atoms with E-state index in [4.69, 9.17) is 20.8 Å². The van der Waals surface area contributed by atoms with Gasteiger partial charge in [0.05, 0.1) is 5.70 Å². The van der Waals surface area contributed by atoms with Gasteiger partial charge in [-0.25, -0.2) is 19.2 Å². The van der Waals surface area contributed by atoms with E-state index in [1.807, 2.05) is 0 Å². The highest BCUT2D eigenvalue weighted by molar-refractivity contribution is 6.08. The number of carbonyl (C=O) groups is 1. The Labute approximate surface area is 158 Å². The fourth-order valence-corrected chi connectivity index (χ4v) is 2.30. The van der Waals surface area contributed by atoms with Gasteiger partial charge in [-0.3, -0.25) is 5.41 Å². The Balaban J connectivity index is 1.87. The van der Waals surface area contributed by atoms with Crippen LogP contribution in [0, 0.1) is 11.2 Å². The van der Waals surface area contributed by atoms with E-state index in [9.17, 15) is 9.18 Å². The van der Waals surface area contributed by atoms with E-state index in [1.54, 1.807) is 24.3 Å². The second kappa shape index (κ2) is 8.08. The van der Waals surface area contributed by atoms with E-state index >= 15 is 0 Å². The Morgan fingerprint density at radius 2 is 2.14 bits per heavy atom. The van der Waals surface area contributed by atoms with Crippen molar-refractivity contribution >= 4 is 23.2 Å². The Bertz CT molecular complexity index is 1050. The third-order valence-electron chi connectivity index (χ3n) is 3.72. The highest BCUT2D eigenvalue weighted by Gasteiger charge is 2.14. The van der Waals surface area contributed by atoms with Crippen LogP contribution in [0.25, 0.3) is 5.70 Å². The number of hydrogen-bond acceptors (Lipinski definition) is 8. The molecule has 0 aliphatic heterocycles. The van der Waals surface area contributed by atoms with Gasteiger partial charge in [0.15, 0.2) is 5.82 Å². The number of rotatable bonds is 7. The van der Waals surface area contributed by atoms with Gasteiger partial charge in [-0.15, -0.1) is 0 Å². The molecule has 142 valence electrons. The average Bonchev–Trinajstić information content (AvgIpc) is 3.20. The Hall–Kier alpha value is -4.08. The highest BCUT2D eigenvalue weighted by atomic mass is 19.1. The van der Waals surface area contributed by atoms with Crippen molar-refractivity contribution in [1.82, 2.24) is 20.4 Å². The number of benzene rings is 1. The normalized spacial score (nSPS) is 11.2. The molecule has 0 fully saturated rings. The summed E-state index contributed by atoms with van der Waals surface area (Å²) in [7, 11) is 0. The lowest BCUT2D eigenvalue weighted by Crippen LogP contribution is -2.16. The Morgan fingerprint density at radius 1 is 1.36 bits per heavy atom. The molecule has 0 amide bonds. The predicted molar refractivity (Wildman–Crippen MR) is 98.0 cm³/mol. The fraction of sp³-hybridized carbons (Fsp3) is 0.0556. The summed E-state index contributed by atoms with van der Waals surface area (Å²) in [6.45, 7) is 0.138. The van der Waals surface area contributed by atoms with E-state index in [2.05, 4.69) is 20.4 Å². The number of nitrogens with one attached hydrogen (secondary N) is 2. The highest BCUT2D eigenvalue weighted by Crippen LogP contribution is 2.14. The SMILES string of the molecule is N=C(/C=C(\NCc1ccccc1F)c1ccon1)c1ncc(C(=O)O)c(N)n1. The number of aromatic nitrogens is 3. The second-order valence-electron chi connectivity index (χ2n) is 5.60. The molecule has 0 aliphatic rings. The number of nitrogens with zero attached hydrogens (tertiary/aromatic N) is 3. The lowest BCUT2D eigenvalue weighted by Gasteiger charge is -2.10. The van der Waals surface area contributed by atoms with Crippen LogP contribution in [0.1, 0.15) is 27.4 Å². The first kappa shape index (κ1) is 18.7. The van der Waals surface area contributed by atoms with Crippen LogP contribution in [-0.4, -0.2) is 31.9 Å². The minimum Gasteiger partial charge on any atom is -0.477 e. The summed E-state index contributed by atoms with van der Waals surface area (Å²) in [5.74, 6) is -1.96. The average molecular weight is 382 g/mol. The maximum Gasteiger partial charge on any atom is 0.341 e. The number of carboxylic acid groups (broad SMARTS) is 1. The van der Waals surface area contributed by atoms with Crippen LogP contribution in [0.2, 0.25) is 0 Å². The van der Waals surface area contributed by atoms with Crippen molar-refractivity contribution < 1.29 is 18.8 Å². The van der Waals surface area contributed by atoms with Gasteiger partial charge in [0.2, 0.25) is 0 Å². The third kappa shape index (κ3) is 4.18. The van der Waals surface area contributed by atoms with Crippen molar-refractivity contribution in [3.63, 3.8) is 0 Å². The van der Waals surface area contributed by atoms with Gasteiger partial charge in [-0.2, -0.15) is 0 Å². The zero-order valence-electron chi connectivity index (χ0n) is 14.4. The zero-order valence-corrected chi connectivity index (χ0v) is 14.4. The topological polar surface area (TPSA) is 151 Å². The molecule has 0 atom stereocenters. The molecule has 2 heterocycles. The number of nitrogen functional groups attached to an aromatic ring is 1. The Kier molecular flexibility index (Phi) is 5.40. The molecule has 5 N–H and O–H groups in total. The van der Waals surface area contributed by atoms with E-state index in [1.165, 1.54) is 18.4 Å². The van der Waals surface area contributed by atoms with Crippen LogP contribution in [0.5, 0.6) is 0 Å². The Morgan fingerprint density at radius 3 is 2.79 bits per heavy atom. The van der Waals surface area contributed by atoms with Crippen LogP contribution in [0.3, 0.4) is 0 Å². The summed E-state index contributed by atoms with van der Waals surface area (Å²) < 4.78 is 18.7. The molecule has 9 nitrogen and oxygen atoms in total. The summed E-state index contributed by atoms with van der Waals surface area (Å²) in [4.78, 5) is 18.7. The lowest BCUT2D eigenvalue weighted by molar-refractivity contribution is 0.0697. The van der Waals surface area contributed by atoms with Gasteiger partial charge in [0, 0.05) is 24.4 Å². The van der Waals surface area contributed by atoms with Gasteiger partial charge in [-0.05, 0) is 12.1 Å². The maximum atomic E-state index is 13.8. The van der Waals surface area contributed by atoms with Crippen molar-refractivity contribution in [2.24, 2.45) is 0 Å². The molecule has 0 unspecified atom stereocenters. The standard InChI is InChI=1S/C18H15FN6O3/c19-12-4-2-1-3-10(12)8-22-15(14-5-6-28-25-14)7-13(20)17-23-9-11(18(26)27)16(21)24-17/h1-7,9,20,22H,8H2,(H,26,27)(H2,21,23,24)/b15-7-,20-13?. The number of carboxylic acids is 1. The summed E-state index contributed by atoms with van der Waals surface area (Å²) in [5.41, 5.74) is 6.38. The molecule has 28 heavy (non-hydrogen) atoms. The summed E-state index contributed by atoms with van der Waals surface area (Å²) in [6.07, 6.45) is 3.76. The number of nitrogens with two attached hydrogens (primary N) is 1. The predicted octanol–water partition coefficient (Wildman–Crippen LogP) is 2.08. The molecule has 0 radical (unpaired) electrons. The monoisotopic (exact) mass is 382 g/mol. The minimum atomic E-state index is -1.26. The van der Waals surface area contributed by atoms with Gasteiger partial charge in [0.1, 0.15) is 34.9 Å². The quantitative estimate of drug-likeness (QED) is 0.453. The number of aromatic carboxylic acids is 1. The third-order valence-corrected chi connectivity index (χ3v) is 3.72. The molecule has 3 aromatic rings. The number of hydrogen-bond donors (Lipinski definition) is 4.